The maximum Gasteiger partial charge on any atom is 0.220 e. The van der Waals surface area contributed by atoms with Crippen molar-refractivity contribution in [3.63, 3.8) is 0 Å². The lowest BCUT2D eigenvalue weighted by Gasteiger charge is -2.46. The molecule has 0 aliphatic carbocycles. The van der Waals surface area contributed by atoms with Crippen molar-refractivity contribution in [2.24, 2.45) is 0 Å². The van der Waals surface area contributed by atoms with E-state index < -0.39 is 86.8 Å². The number of amides is 1. The van der Waals surface area contributed by atoms with Crippen molar-refractivity contribution in [3.8, 4) is 0 Å². The van der Waals surface area contributed by atoms with Gasteiger partial charge in [0.05, 0.1) is 32.0 Å². The van der Waals surface area contributed by atoms with Gasteiger partial charge in [-0.3, -0.25) is 4.79 Å². The fraction of sp³-hybridized carbons (Fsp3) is 0.817. The van der Waals surface area contributed by atoms with Gasteiger partial charge in [0.2, 0.25) is 5.91 Å². The summed E-state index contributed by atoms with van der Waals surface area (Å²) in [6, 6.07) is -0.927. The maximum absolute atomic E-state index is 13.3. The minimum absolute atomic E-state index is 0.250. The Labute approximate surface area is 517 Å². The van der Waals surface area contributed by atoms with Crippen LogP contribution in [0.5, 0.6) is 0 Å². The van der Waals surface area contributed by atoms with Crippen LogP contribution in [0.1, 0.15) is 277 Å². The third-order valence-electron chi connectivity index (χ3n) is 16.6. The van der Waals surface area contributed by atoms with Crippen molar-refractivity contribution in [1.82, 2.24) is 5.32 Å². The molecule has 1 amide bonds. The van der Waals surface area contributed by atoms with Gasteiger partial charge in [-0.25, -0.2) is 0 Å². The van der Waals surface area contributed by atoms with Gasteiger partial charge in [0.15, 0.2) is 12.6 Å². The number of aliphatic hydroxyl groups excluding tert-OH is 8. The molecular formula is C71H127NO13. The molecule has 85 heavy (non-hydrogen) atoms. The molecule has 0 aromatic rings. The van der Waals surface area contributed by atoms with Gasteiger partial charge in [0.1, 0.15) is 48.8 Å². The van der Waals surface area contributed by atoms with Crippen LogP contribution in [-0.4, -0.2) is 140 Å². The third kappa shape index (κ3) is 39.9. The number of hydrogen-bond acceptors (Lipinski definition) is 13. The molecule has 0 bridgehead atoms. The van der Waals surface area contributed by atoms with E-state index in [1.807, 2.05) is 6.08 Å². The fourth-order valence-corrected chi connectivity index (χ4v) is 11.1. The minimum atomic E-state index is -1.79. The quantitative estimate of drug-likeness (QED) is 0.0204. The zero-order valence-corrected chi connectivity index (χ0v) is 53.6. The van der Waals surface area contributed by atoms with Gasteiger partial charge in [-0.2, -0.15) is 0 Å². The molecule has 0 aromatic carbocycles. The van der Waals surface area contributed by atoms with E-state index in [4.69, 9.17) is 18.9 Å². The van der Waals surface area contributed by atoms with Gasteiger partial charge in [0, 0.05) is 6.42 Å². The number of allylic oxidation sites excluding steroid dienone is 11. The maximum atomic E-state index is 13.3. The van der Waals surface area contributed by atoms with Crippen LogP contribution < -0.4 is 5.32 Å². The Kier molecular flexibility index (Phi) is 51.3. The summed E-state index contributed by atoms with van der Waals surface area (Å²) in [4.78, 5) is 13.3. The van der Waals surface area contributed by atoms with E-state index in [-0.39, 0.29) is 18.9 Å². The molecule has 14 heteroatoms. The van der Waals surface area contributed by atoms with Gasteiger partial charge in [0.25, 0.3) is 0 Å². The summed E-state index contributed by atoms with van der Waals surface area (Å²) in [5.74, 6) is -0.250. The van der Waals surface area contributed by atoms with Gasteiger partial charge >= 0.3 is 0 Å². The minimum Gasteiger partial charge on any atom is -0.394 e. The topological polar surface area (TPSA) is 228 Å². The smallest absolute Gasteiger partial charge is 0.220 e. The van der Waals surface area contributed by atoms with Crippen molar-refractivity contribution >= 4 is 5.91 Å². The molecule has 2 fully saturated rings. The summed E-state index contributed by atoms with van der Waals surface area (Å²) in [6.45, 7) is 2.70. The Hall–Kier alpha value is -2.57. The largest absolute Gasteiger partial charge is 0.394 e. The first-order chi connectivity index (χ1) is 41.6. The summed E-state index contributed by atoms with van der Waals surface area (Å²) in [6.07, 6.45) is 58.0. The molecule has 2 saturated heterocycles. The molecule has 12 unspecified atom stereocenters. The van der Waals surface area contributed by atoms with E-state index in [0.717, 1.165) is 89.9 Å². The van der Waals surface area contributed by atoms with Crippen LogP contribution in [0.25, 0.3) is 0 Å². The summed E-state index contributed by atoms with van der Waals surface area (Å²) in [7, 11) is 0. The van der Waals surface area contributed by atoms with E-state index in [2.05, 4.69) is 79.9 Å². The van der Waals surface area contributed by atoms with Crippen molar-refractivity contribution in [2.75, 3.05) is 19.8 Å². The highest BCUT2D eigenvalue weighted by atomic mass is 16.7. The second kappa shape index (κ2) is 55.5. The standard InChI is InChI=1S/C71H127NO13/c1-3-5-7-9-11-13-15-17-19-21-23-25-27-28-29-30-31-33-34-36-38-40-42-44-46-48-50-52-54-60(75)59(58-82-70-68(81)66(79)69(62(57-74)84-70)85-71-67(80)65(78)64(77)61(56-73)83-71)72-63(76)55-53-51-49-47-45-43-41-39-37-35-32-26-24-22-20-18-16-14-12-10-8-6-4-2/h6,8,12,14,18,20,24,26,35,37,52,54,59-62,64-71,73-75,77-81H,3-5,7,9-11,13,15-17,19,21-23,25,27-34,36,38-51,53,55-58H2,1-2H3,(H,72,76)/b8-6-,14-12-,20-18-,26-24-,37-35-,54-52+. The lowest BCUT2D eigenvalue weighted by Crippen LogP contribution is -2.65. The van der Waals surface area contributed by atoms with E-state index in [0.29, 0.717) is 6.42 Å². The first-order valence-electron chi connectivity index (χ1n) is 34.7. The van der Waals surface area contributed by atoms with E-state index in [1.54, 1.807) is 6.08 Å². The normalized spacial score (nSPS) is 24.0. The molecule has 2 aliphatic heterocycles. The number of nitrogens with one attached hydrogen (secondary N) is 1. The first kappa shape index (κ1) is 78.5. The van der Waals surface area contributed by atoms with Crippen LogP contribution in [0, 0.1) is 0 Å². The molecule has 0 spiro atoms. The summed E-state index contributed by atoms with van der Waals surface area (Å²) < 4.78 is 22.8. The average Bonchev–Trinajstić information content (AvgIpc) is 3.68. The highest BCUT2D eigenvalue weighted by Crippen LogP contribution is 2.30. The van der Waals surface area contributed by atoms with Crippen LogP contribution in [0.3, 0.4) is 0 Å². The van der Waals surface area contributed by atoms with Crippen LogP contribution in [-0.2, 0) is 23.7 Å². The zero-order valence-electron chi connectivity index (χ0n) is 53.6. The Morgan fingerprint density at radius 2 is 0.812 bits per heavy atom. The number of unbranched alkanes of at least 4 members (excludes halogenated alkanes) is 33. The molecule has 14 nitrogen and oxygen atoms in total. The molecule has 0 radical (unpaired) electrons. The highest BCUT2D eigenvalue weighted by molar-refractivity contribution is 5.76. The molecule has 2 aliphatic rings. The number of hydrogen-bond donors (Lipinski definition) is 9. The molecule has 494 valence electrons. The summed E-state index contributed by atoms with van der Waals surface area (Å²) in [5.41, 5.74) is 0. The molecule has 2 heterocycles. The van der Waals surface area contributed by atoms with Gasteiger partial charge in [-0.1, -0.05) is 279 Å². The fourth-order valence-electron chi connectivity index (χ4n) is 11.1. The van der Waals surface area contributed by atoms with Crippen molar-refractivity contribution < 1.29 is 64.6 Å². The monoisotopic (exact) mass is 1200 g/mol. The number of carbonyl (C=O) groups excluding carboxylic acids is 1. The average molecular weight is 1200 g/mol. The van der Waals surface area contributed by atoms with E-state index in [9.17, 15) is 45.6 Å². The number of aliphatic hydroxyl groups is 8. The molecule has 0 aromatic heterocycles. The molecule has 12 atom stereocenters. The van der Waals surface area contributed by atoms with E-state index >= 15 is 0 Å². The highest BCUT2D eigenvalue weighted by Gasteiger charge is 2.51. The van der Waals surface area contributed by atoms with Crippen molar-refractivity contribution in [3.05, 3.63) is 72.9 Å². The Balaban J connectivity index is 1.70. The van der Waals surface area contributed by atoms with Crippen molar-refractivity contribution in [1.29, 1.82) is 0 Å². The SMILES string of the molecule is CC/C=C\C/C=C\C/C=C\C/C=C\C/C=C\CCCCCCCCCC(=O)NC(COC1OC(CO)C(OC2OC(CO)C(O)C(O)C2O)C(O)C1O)C(O)/C=C/CCCCCCCCCCCCCCCCCCCCCCCCCCCC. The van der Waals surface area contributed by atoms with Crippen molar-refractivity contribution in [2.45, 2.75) is 351 Å². The van der Waals surface area contributed by atoms with Gasteiger partial charge in [-0.05, 0) is 64.2 Å². The zero-order chi connectivity index (χ0) is 61.6. The third-order valence-corrected chi connectivity index (χ3v) is 16.6. The lowest BCUT2D eigenvalue weighted by molar-refractivity contribution is -0.359. The summed E-state index contributed by atoms with van der Waals surface area (Å²) >= 11 is 0. The second-order valence-corrected chi connectivity index (χ2v) is 24.3. The van der Waals surface area contributed by atoms with E-state index in [1.165, 1.54) is 161 Å². The van der Waals surface area contributed by atoms with Crippen LogP contribution >= 0.6 is 0 Å². The number of ether oxygens (including phenoxy) is 4. The summed E-state index contributed by atoms with van der Waals surface area (Å²) in [5, 5.41) is 87.4. The predicted molar refractivity (Wildman–Crippen MR) is 346 cm³/mol. The van der Waals surface area contributed by atoms with Crippen LogP contribution in [0.4, 0.5) is 0 Å². The second-order valence-electron chi connectivity index (χ2n) is 24.3. The number of rotatable bonds is 56. The Bertz CT molecular complexity index is 1700. The predicted octanol–water partition coefficient (Wildman–Crippen LogP) is 13.8. The van der Waals surface area contributed by atoms with Crippen LogP contribution in [0.2, 0.25) is 0 Å². The molecule has 9 N–H and O–H groups in total. The Morgan fingerprint density at radius 3 is 1.25 bits per heavy atom. The van der Waals surface area contributed by atoms with Gasteiger partial charge in [-0.15, -0.1) is 0 Å². The van der Waals surface area contributed by atoms with Gasteiger partial charge < -0.3 is 65.1 Å². The lowest BCUT2D eigenvalue weighted by atomic mass is 9.97. The Morgan fingerprint density at radius 1 is 0.435 bits per heavy atom. The molecular weight excluding hydrogens is 1070 g/mol. The van der Waals surface area contributed by atoms with Crippen LogP contribution in [0.15, 0.2) is 72.9 Å². The first-order valence-corrected chi connectivity index (χ1v) is 34.7. The molecule has 0 saturated carbocycles. The molecule has 2 rings (SSSR count). The number of carbonyl (C=O) groups is 1.